The van der Waals surface area contributed by atoms with Crippen LogP contribution in [0.5, 0.6) is 0 Å². The molecule has 0 bridgehead atoms. The molecular weight excluding hydrogens is 378 g/mol. The number of rotatable bonds is 5. The predicted molar refractivity (Wildman–Crippen MR) is 81.0 cm³/mol. The van der Waals surface area contributed by atoms with E-state index in [1.54, 1.807) is 27.7 Å². The number of benzene rings is 1. The fourth-order valence-corrected chi connectivity index (χ4v) is 4.30. The van der Waals surface area contributed by atoms with Gasteiger partial charge in [-0.05, 0) is 0 Å². The molecule has 0 amide bonds. The van der Waals surface area contributed by atoms with E-state index >= 15 is 0 Å². The zero-order chi connectivity index (χ0) is 15.3. The molecule has 0 saturated carbocycles. The Bertz CT molecular complexity index is 449. The van der Waals surface area contributed by atoms with Gasteiger partial charge in [0.15, 0.2) is 0 Å². The Kier molecular flexibility index (Phi) is 6.38. The van der Waals surface area contributed by atoms with E-state index in [0.29, 0.717) is 3.57 Å². The molecule has 0 aliphatic rings. The molecule has 112 valence electrons. The van der Waals surface area contributed by atoms with Gasteiger partial charge in [-0.1, -0.05) is 0 Å². The molecule has 0 aliphatic heterocycles. The Hall–Kier alpha value is -1.18. The van der Waals surface area contributed by atoms with Crippen molar-refractivity contribution in [1.29, 1.82) is 0 Å². The average molecular weight is 396 g/mol. The van der Waals surface area contributed by atoms with Crippen LogP contribution in [0, 0.1) is 21.2 Å². The molecule has 0 aromatic heterocycles. The molecule has 0 heterocycles. The quantitative estimate of drug-likeness (QED) is 0.712. The normalized spacial score (nSPS) is 11.4. The Morgan fingerprint density at radius 3 is 1.70 bits per heavy atom. The van der Waals surface area contributed by atoms with Crippen molar-refractivity contribution in [1.82, 2.24) is 0 Å². The molecule has 0 radical (unpaired) electrons. The van der Waals surface area contributed by atoms with Gasteiger partial charge in [-0.25, -0.2) is 0 Å². The number of halogens is 2. The Morgan fingerprint density at radius 1 is 0.950 bits per heavy atom. The fourth-order valence-electron chi connectivity index (χ4n) is 0.954. The summed E-state index contributed by atoms with van der Waals surface area (Å²) in [6.45, 7) is 6.80. The number of hydrogen-bond donors (Lipinski definition) is 0. The van der Waals surface area contributed by atoms with Crippen molar-refractivity contribution in [3.05, 3.63) is 33.7 Å². The summed E-state index contributed by atoms with van der Waals surface area (Å²) in [5.74, 6) is -1.86. The van der Waals surface area contributed by atoms with Gasteiger partial charge in [-0.2, -0.15) is 0 Å². The van der Waals surface area contributed by atoms with Crippen LogP contribution in [0.25, 0.3) is 0 Å². The number of hydrogen-bond acceptors (Lipinski definition) is 4. The van der Waals surface area contributed by atoms with Gasteiger partial charge in [0.1, 0.15) is 0 Å². The SMILES string of the molecule is CC(C)C(=O)OI(OC(=O)C(C)C)c1ccc(F)cc1. The summed E-state index contributed by atoms with van der Waals surface area (Å²) < 4.78 is 24.1. The summed E-state index contributed by atoms with van der Waals surface area (Å²) in [5, 5.41) is 0. The predicted octanol–water partition coefficient (Wildman–Crippen LogP) is 3.73. The maximum atomic E-state index is 12.9. The number of carbonyl (C=O) groups excluding carboxylic acids is 2. The van der Waals surface area contributed by atoms with Gasteiger partial charge in [0.25, 0.3) is 0 Å². The van der Waals surface area contributed by atoms with Crippen LogP contribution in [0.2, 0.25) is 0 Å². The average Bonchev–Trinajstić information content (AvgIpc) is 2.38. The Balaban J connectivity index is 2.91. The van der Waals surface area contributed by atoms with Gasteiger partial charge in [0.2, 0.25) is 0 Å². The second-order valence-electron chi connectivity index (χ2n) is 4.76. The molecule has 0 unspecified atom stereocenters. The van der Waals surface area contributed by atoms with Crippen molar-refractivity contribution in [2.24, 2.45) is 11.8 Å². The van der Waals surface area contributed by atoms with E-state index in [-0.39, 0.29) is 11.8 Å². The fraction of sp³-hybridized carbons (Fsp3) is 0.429. The zero-order valence-corrected chi connectivity index (χ0v) is 14.0. The molecule has 0 saturated heterocycles. The van der Waals surface area contributed by atoms with Gasteiger partial charge in [-0.15, -0.1) is 0 Å². The second kappa shape index (κ2) is 7.56. The van der Waals surface area contributed by atoms with Crippen molar-refractivity contribution in [3.8, 4) is 0 Å². The molecule has 1 aromatic rings. The van der Waals surface area contributed by atoms with Crippen LogP contribution in [-0.2, 0) is 15.7 Å². The number of carbonyl (C=O) groups is 2. The zero-order valence-electron chi connectivity index (χ0n) is 11.9. The van der Waals surface area contributed by atoms with Crippen LogP contribution in [0.3, 0.4) is 0 Å². The van der Waals surface area contributed by atoms with Gasteiger partial charge < -0.3 is 0 Å². The van der Waals surface area contributed by atoms with Crippen molar-refractivity contribution >= 4 is 32.6 Å². The molecular formula is C14H18FIO4. The van der Waals surface area contributed by atoms with Crippen LogP contribution >= 0.6 is 20.6 Å². The van der Waals surface area contributed by atoms with Crippen LogP contribution in [0.15, 0.2) is 24.3 Å². The molecule has 1 aromatic carbocycles. The molecule has 0 aliphatic carbocycles. The summed E-state index contributed by atoms with van der Waals surface area (Å²) in [6.07, 6.45) is 0. The molecule has 6 heteroatoms. The van der Waals surface area contributed by atoms with Crippen LogP contribution in [0.4, 0.5) is 4.39 Å². The van der Waals surface area contributed by atoms with Crippen molar-refractivity contribution in [3.63, 3.8) is 0 Å². The Labute approximate surface area is 126 Å². The van der Waals surface area contributed by atoms with Gasteiger partial charge >= 0.3 is 126 Å². The standard InChI is InChI=1S/C14H18FIO4/c1-9(2)13(17)19-16(20-14(18)10(3)4)12-7-5-11(15)6-8-12/h5-10H,1-4H3. The third kappa shape index (κ3) is 5.07. The minimum atomic E-state index is -2.91. The van der Waals surface area contributed by atoms with E-state index in [1.807, 2.05) is 0 Å². The van der Waals surface area contributed by atoms with Crippen molar-refractivity contribution < 1.29 is 20.1 Å². The third-order valence-corrected chi connectivity index (χ3v) is 5.62. The van der Waals surface area contributed by atoms with Gasteiger partial charge in [0.05, 0.1) is 0 Å². The summed E-state index contributed by atoms with van der Waals surface area (Å²) in [6, 6.07) is 5.49. The van der Waals surface area contributed by atoms with Crippen molar-refractivity contribution in [2.75, 3.05) is 0 Å². The second-order valence-corrected chi connectivity index (χ2v) is 8.12. The van der Waals surface area contributed by atoms with Crippen LogP contribution < -0.4 is 0 Å². The molecule has 0 spiro atoms. The van der Waals surface area contributed by atoms with E-state index in [1.165, 1.54) is 24.3 Å². The van der Waals surface area contributed by atoms with E-state index in [9.17, 15) is 14.0 Å². The van der Waals surface area contributed by atoms with Gasteiger partial charge in [-0.3, -0.25) is 0 Å². The van der Waals surface area contributed by atoms with E-state index in [4.69, 9.17) is 6.13 Å². The monoisotopic (exact) mass is 396 g/mol. The molecule has 20 heavy (non-hydrogen) atoms. The minimum absolute atomic E-state index is 0.312. The third-order valence-electron chi connectivity index (χ3n) is 2.22. The summed E-state index contributed by atoms with van der Waals surface area (Å²) >= 11 is -2.91. The summed E-state index contributed by atoms with van der Waals surface area (Å²) in [7, 11) is 0. The molecule has 4 nitrogen and oxygen atoms in total. The molecule has 0 atom stereocenters. The maximum absolute atomic E-state index is 12.9. The topological polar surface area (TPSA) is 52.6 Å². The molecule has 0 fully saturated rings. The van der Waals surface area contributed by atoms with Crippen LogP contribution in [-0.4, -0.2) is 11.9 Å². The Morgan fingerprint density at radius 2 is 1.35 bits per heavy atom. The first-order valence-corrected chi connectivity index (χ1v) is 9.05. The van der Waals surface area contributed by atoms with E-state index < -0.39 is 38.4 Å². The first-order chi connectivity index (χ1) is 9.31. The first kappa shape index (κ1) is 16.9. The van der Waals surface area contributed by atoms with E-state index in [2.05, 4.69) is 0 Å². The van der Waals surface area contributed by atoms with Gasteiger partial charge in [0, 0.05) is 0 Å². The van der Waals surface area contributed by atoms with E-state index in [0.717, 1.165) is 0 Å². The molecule has 1 rings (SSSR count). The first-order valence-electron chi connectivity index (χ1n) is 6.21. The van der Waals surface area contributed by atoms with Crippen molar-refractivity contribution in [2.45, 2.75) is 27.7 Å². The van der Waals surface area contributed by atoms with Crippen LogP contribution in [0.1, 0.15) is 27.7 Å². The summed E-state index contributed by atoms with van der Waals surface area (Å²) in [5.41, 5.74) is 0. The summed E-state index contributed by atoms with van der Waals surface area (Å²) in [4.78, 5) is 23.4. The molecule has 0 N–H and O–H groups in total.